The fourth-order valence-electron chi connectivity index (χ4n) is 12.0. The van der Waals surface area contributed by atoms with E-state index in [0.717, 1.165) is 143 Å². The van der Waals surface area contributed by atoms with E-state index in [0.29, 0.717) is 11.1 Å². The molecule has 0 bridgehead atoms. The molecule has 0 amide bonds. The van der Waals surface area contributed by atoms with Crippen molar-refractivity contribution in [1.29, 1.82) is 10.5 Å². The molecule has 15 rings (SSSR count). The lowest BCUT2D eigenvalue weighted by Crippen LogP contribution is -1.95. The average Bonchev–Trinajstić information content (AvgIpc) is 4.08. The van der Waals surface area contributed by atoms with Gasteiger partial charge in [0.1, 0.15) is 0 Å². The van der Waals surface area contributed by atoms with E-state index in [2.05, 4.69) is 203 Å². The van der Waals surface area contributed by atoms with Crippen LogP contribution in [0, 0.1) is 22.7 Å². The first-order valence-corrected chi connectivity index (χ1v) is 25.4. The van der Waals surface area contributed by atoms with Crippen molar-refractivity contribution < 1.29 is 0 Å². The fourth-order valence-corrected chi connectivity index (χ4v) is 12.0. The molecule has 350 valence electrons. The standard InChI is InChI=1S/C70H40N6/c71-41-43-21-29-63-57(35-43)59-37-49(25-31-65(59)75(63)51-15-3-1-4-16-51)47-23-27-53-61(39-47)67(55-19-7-11-45-13-9-33-73-69(45)55)54-28-24-48(40-62(54)68(53)56-20-8-12-46-14-10-34-74-70(46)56)50-26-32-66-60(38-50)58-36-44(42-72)22-30-64(58)76(66)52-17-5-2-6-18-52/h1-40H. The van der Waals surface area contributed by atoms with Crippen LogP contribution in [0.4, 0.5) is 0 Å². The molecule has 0 saturated heterocycles. The average molecular weight is 965 g/mol. The number of fused-ring (bicyclic) bond motifs is 10. The van der Waals surface area contributed by atoms with Crippen molar-refractivity contribution in [2.75, 3.05) is 0 Å². The second kappa shape index (κ2) is 17.0. The minimum absolute atomic E-state index is 0.625. The Kier molecular flexibility index (Phi) is 9.59. The number of aromatic nitrogens is 4. The van der Waals surface area contributed by atoms with Crippen molar-refractivity contribution in [1.82, 2.24) is 19.1 Å². The predicted octanol–water partition coefficient (Wildman–Crippen LogP) is 17.7. The number of hydrogen-bond donors (Lipinski definition) is 0. The minimum atomic E-state index is 0.625. The van der Waals surface area contributed by atoms with Crippen LogP contribution in [-0.2, 0) is 0 Å². The van der Waals surface area contributed by atoms with E-state index in [1.165, 1.54) is 0 Å². The number of nitriles is 2. The van der Waals surface area contributed by atoms with Gasteiger partial charge in [0, 0.05) is 67.2 Å². The van der Waals surface area contributed by atoms with Crippen LogP contribution in [0.1, 0.15) is 11.1 Å². The van der Waals surface area contributed by atoms with Gasteiger partial charge in [0.2, 0.25) is 0 Å². The van der Waals surface area contributed by atoms with Crippen LogP contribution in [0.25, 0.3) is 143 Å². The number of benzene rings is 11. The molecule has 0 saturated carbocycles. The lowest BCUT2D eigenvalue weighted by molar-refractivity contribution is 1.18. The highest BCUT2D eigenvalue weighted by Crippen LogP contribution is 2.49. The van der Waals surface area contributed by atoms with Crippen molar-refractivity contribution in [3.05, 3.63) is 254 Å². The summed E-state index contributed by atoms with van der Waals surface area (Å²) in [6.45, 7) is 0. The summed E-state index contributed by atoms with van der Waals surface area (Å²) in [7, 11) is 0. The second-order valence-electron chi connectivity index (χ2n) is 19.5. The van der Waals surface area contributed by atoms with E-state index in [1.54, 1.807) is 0 Å². The van der Waals surface area contributed by atoms with Gasteiger partial charge in [0.25, 0.3) is 0 Å². The summed E-state index contributed by atoms with van der Waals surface area (Å²) in [5.74, 6) is 0. The van der Waals surface area contributed by atoms with Crippen LogP contribution in [0.2, 0.25) is 0 Å². The number of nitrogens with zero attached hydrogens (tertiary/aromatic N) is 6. The van der Waals surface area contributed by atoms with Crippen molar-refractivity contribution in [2.45, 2.75) is 0 Å². The molecule has 6 nitrogen and oxygen atoms in total. The molecule has 0 aliphatic heterocycles. The van der Waals surface area contributed by atoms with Crippen molar-refractivity contribution in [3.63, 3.8) is 0 Å². The Bertz CT molecular complexity index is 4690. The van der Waals surface area contributed by atoms with E-state index < -0.39 is 0 Å². The molecule has 4 aromatic heterocycles. The van der Waals surface area contributed by atoms with E-state index in [1.807, 2.05) is 60.9 Å². The lowest BCUT2D eigenvalue weighted by atomic mass is 9.83. The largest absolute Gasteiger partial charge is 0.309 e. The van der Waals surface area contributed by atoms with Crippen LogP contribution in [0.5, 0.6) is 0 Å². The number of rotatable bonds is 6. The van der Waals surface area contributed by atoms with Gasteiger partial charge in [-0.1, -0.05) is 121 Å². The number of pyridine rings is 2. The highest BCUT2D eigenvalue weighted by molar-refractivity contribution is 6.26. The van der Waals surface area contributed by atoms with Gasteiger partial charge < -0.3 is 9.13 Å². The minimum Gasteiger partial charge on any atom is -0.309 e. The van der Waals surface area contributed by atoms with Gasteiger partial charge in [0.15, 0.2) is 0 Å². The van der Waals surface area contributed by atoms with E-state index >= 15 is 0 Å². The first-order valence-electron chi connectivity index (χ1n) is 25.4. The summed E-state index contributed by atoms with van der Waals surface area (Å²) < 4.78 is 4.58. The maximum absolute atomic E-state index is 10.1. The molecule has 6 heteroatoms. The van der Waals surface area contributed by atoms with Gasteiger partial charge >= 0.3 is 0 Å². The molecule has 0 radical (unpaired) electrons. The summed E-state index contributed by atoms with van der Waals surface area (Å²) in [5, 5.41) is 30.9. The SMILES string of the molecule is N#Cc1ccc2c(c1)c1cc(-c3ccc4c(-c5cccc6cccnc56)c5cc(-c6ccc7c(c6)c6cc(C#N)ccc6n7-c6ccccc6)ccc5c(-c5cccc6cccnc56)c4c3)ccc1n2-c1ccccc1. The van der Waals surface area contributed by atoms with Gasteiger partial charge in [-0.25, -0.2) is 0 Å². The molecule has 76 heavy (non-hydrogen) atoms. The van der Waals surface area contributed by atoms with E-state index in [9.17, 15) is 10.5 Å². The molecule has 0 aliphatic rings. The molecule has 0 aliphatic carbocycles. The first-order chi connectivity index (χ1) is 37.6. The van der Waals surface area contributed by atoms with Gasteiger partial charge in [-0.05, 0) is 164 Å². The molecule has 0 fully saturated rings. The quantitative estimate of drug-likeness (QED) is 0.155. The zero-order valence-electron chi connectivity index (χ0n) is 40.8. The Labute approximate surface area is 436 Å². The zero-order valence-corrected chi connectivity index (χ0v) is 40.8. The van der Waals surface area contributed by atoms with Crippen LogP contribution < -0.4 is 0 Å². The summed E-state index contributed by atoms with van der Waals surface area (Å²) in [5.41, 5.74) is 18.1. The molecule has 0 atom stereocenters. The van der Waals surface area contributed by atoms with Crippen LogP contribution in [0.15, 0.2) is 243 Å². The fraction of sp³-hybridized carbons (Fsp3) is 0. The smallest absolute Gasteiger partial charge is 0.0991 e. The van der Waals surface area contributed by atoms with Gasteiger partial charge in [0.05, 0.1) is 56.4 Å². The summed E-state index contributed by atoms with van der Waals surface area (Å²) >= 11 is 0. The number of hydrogen-bond acceptors (Lipinski definition) is 4. The Morgan fingerprint density at radius 2 is 0.671 bits per heavy atom. The lowest BCUT2D eigenvalue weighted by Gasteiger charge is -2.21. The Morgan fingerprint density at radius 3 is 1.09 bits per heavy atom. The Hall–Kier alpha value is -10.7. The summed E-state index contributed by atoms with van der Waals surface area (Å²) in [6, 6.07) is 86.2. The molecule has 15 aromatic rings. The second-order valence-corrected chi connectivity index (χ2v) is 19.5. The Morgan fingerprint density at radius 1 is 0.303 bits per heavy atom. The van der Waals surface area contributed by atoms with Crippen molar-refractivity contribution in [3.8, 4) is 68.0 Å². The third-order valence-corrected chi connectivity index (χ3v) is 15.4. The highest BCUT2D eigenvalue weighted by atomic mass is 15.0. The van der Waals surface area contributed by atoms with Crippen LogP contribution >= 0.6 is 0 Å². The monoisotopic (exact) mass is 964 g/mol. The van der Waals surface area contributed by atoms with Crippen LogP contribution in [-0.4, -0.2) is 19.1 Å². The van der Waals surface area contributed by atoms with Crippen molar-refractivity contribution in [2.24, 2.45) is 0 Å². The molecule has 11 aromatic carbocycles. The topological polar surface area (TPSA) is 83.2 Å². The third kappa shape index (κ3) is 6.59. The molecular weight excluding hydrogens is 925 g/mol. The highest BCUT2D eigenvalue weighted by Gasteiger charge is 2.23. The first kappa shape index (κ1) is 43.0. The van der Waals surface area contributed by atoms with Crippen molar-refractivity contribution >= 4 is 87.0 Å². The molecule has 0 N–H and O–H groups in total. The van der Waals surface area contributed by atoms with Crippen LogP contribution in [0.3, 0.4) is 0 Å². The molecule has 0 unspecified atom stereocenters. The van der Waals surface area contributed by atoms with Gasteiger partial charge in [-0.2, -0.15) is 10.5 Å². The normalized spacial score (nSPS) is 11.7. The predicted molar refractivity (Wildman–Crippen MR) is 312 cm³/mol. The third-order valence-electron chi connectivity index (χ3n) is 15.4. The molecular formula is C70H40N6. The van der Waals surface area contributed by atoms with Gasteiger partial charge in [-0.3, -0.25) is 9.97 Å². The maximum Gasteiger partial charge on any atom is 0.0991 e. The number of para-hydroxylation sites is 4. The summed E-state index contributed by atoms with van der Waals surface area (Å²) in [6.07, 6.45) is 3.78. The zero-order chi connectivity index (χ0) is 50.4. The molecule has 0 spiro atoms. The Balaban J connectivity index is 1.02. The molecule has 4 heterocycles. The maximum atomic E-state index is 10.1. The van der Waals surface area contributed by atoms with Gasteiger partial charge in [-0.15, -0.1) is 0 Å². The van der Waals surface area contributed by atoms with E-state index in [-0.39, 0.29) is 0 Å². The van der Waals surface area contributed by atoms with E-state index in [4.69, 9.17) is 9.97 Å². The summed E-state index contributed by atoms with van der Waals surface area (Å²) in [4.78, 5) is 10.2.